The Morgan fingerprint density at radius 1 is 1.55 bits per heavy atom. The fourth-order valence-electron chi connectivity index (χ4n) is 2.68. The van der Waals surface area contributed by atoms with Gasteiger partial charge in [-0.2, -0.15) is 5.10 Å². The molecule has 1 aliphatic rings. The largest absolute Gasteiger partial charge is 0.394 e. The van der Waals surface area contributed by atoms with Crippen molar-refractivity contribution in [2.24, 2.45) is 0 Å². The number of aromatic nitrogens is 2. The second-order valence-electron chi connectivity index (χ2n) is 6.05. The van der Waals surface area contributed by atoms with Crippen LogP contribution in [0.2, 0.25) is 0 Å². The van der Waals surface area contributed by atoms with Gasteiger partial charge in [0.15, 0.2) is 0 Å². The summed E-state index contributed by atoms with van der Waals surface area (Å²) in [4.78, 5) is 14.2. The van der Waals surface area contributed by atoms with Crippen LogP contribution in [-0.2, 0) is 16.0 Å². The second kappa shape index (κ2) is 5.54. The van der Waals surface area contributed by atoms with Gasteiger partial charge >= 0.3 is 0 Å². The number of amides is 1. The summed E-state index contributed by atoms with van der Waals surface area (Å²) in [6, 6.07) is 0. The number of aliphatic hydroxyl groups excluding tert-OH is 1. The molecule has 1 fully saturated rings. The van der Waals surface area contributed by atoms with Gasteiger partial charge in [0.2, 0.25) is 5.91 Å². The number of carbonyl (C=O) groups is 1. The topological polar surface area (TPSA) is 78.5 Å². The molecule has 1 aromatic rings. The van der Waals surface area contributed by atoms with E-state index in [1.165, 1.54) is 0 Å². The van der Waals surface area contributed by atoms with Crippen molar-refractivity contribution in [3.63, 3.8) is 0 Å². The molecule has 0 radical (unpaired) electrons. The molecule has 1 atom stereocenters. The van der Waals surface area contributed by atoms with Crippen molar-refractivity contribution >= 4 is 5.91 Å². The Morgan fingerprint density at radius 3 is 2.80 bits per heavy atom. The molecule has 0 saturated carbocycles. The minimum Gasteiger partial charge on any atom is -0.394 e. The number of carbonyl (C=O) groups excluding carboxylic acids is 1. The maximum Gasteiger partial charge on any atom is 0.227 e. The monoisotopic (exact) mass is 281 g/mol. The smallest absolute Gasteiger partial charge is 0.227 e. The summed E-state index contributed by atoms with van der Waals surface area (Å²) in [5.41, 5.74) is 2.32. The Balaban J connectivity index is 2.09. The quantitative estimate of drug-likeness (QED) is 0.849. The van der Waals surface area contributed by atoms with E-state index < -0.39 is 5.60 Å². The average molecular weight is 281 g/mol. The first-order valence-electron chi connectivity index (χ1n) is 6.89. The molecule has 1 saturated heterocycles. The lowest BCUT2D eigenvalue weighted by molar-refractivity contribution is -0.166. The maximum absolute atomic E-state index is 12.5. The fourth-order valence-corrected chi connectivity index (χ4v) is 2.68. The Bertz CT molecular complexity index is 476. The number of nitrogens with zero attached hydrogens (tertiary/aromatic N) is 2. The van der Waals surface area contributed by atoms with Gasteiger partial charge < -0.3 is 14.7 Å². The number of nitrogens with one attached hydrogen (secondary N) is 1. The van der Waals surface area contributed by atoms with Gasteiger partial charge in [-0.05, 0) is 27.7 Å². The van der Waals surface area contributed by atoms with Crippen LogP contribution in [0.4, 0.5) is 0 Å². The first kappa shape index (κ1) is 15.0. The second-order valence-corrected chi connectivity index (χ2v) is 6.05. The fraction of sp³-hybridized carbons (Fsp3) is 0.714. The minimum absolute atomic E-state index is 0.0485. The van der Waals surface area contributed by atoms with Crippen LogP contribution in [0.15, 0.2) is 0 Å². The molecule has 1 unspecified atom stereocenters. The van der Waals surface area contributed by atoms with Crippen LogP contribution >= 0.6 is 0 Å². The summed E-state index contributed by atoms with van der Waals surface area (Å²) in [6.07, 6.45) is 0.0248. The zero-order chi connectivity index (χ0) is 14.9. The first-order chi connectivity index (χ1) is 9.32. The average Bonchev–Trinajstić information content (AvgIpc) is 2.68. The van der Waals surface area contributed by atoms with Gasteiger partial charge in [-0.15, -0.1) is 0 Å². The van der Waals surface area contributed by atoms with Crippen LogP contribution in [-0.4, -0.2) is 57.5 Å². The number of aliphatic hydroxyl groups is 1. The zero-order valence-electron chi connectivity index (χ0n) is 12.6. The Labute approximate surface area is 119 Å². The van der Waals surface area contributed by atoms with Crippen LogP contribution in [0.3, 0.4) is 0 Å². The van der Waals surface area contributed by atoms with Crippen molar-refractivity contribution in [1.82, 2.24) is 15.1 Å². The predicted octanol–water partition coefficient (Wildman–Crippen LogP) is 0.567. The van der Waals surface area contributed by atoms with Gasteiger partial charge in [-0.25, -0.2) is 0 Å². The van der Waals surface area contributed by atoms with E-state index >= 15 is 0 Å². The highest BCUT2D eigenvalue weighted by atomic mass is 16.5. The van der Waals surface area contributed by atoms with Crippen LogP contribution in [0.25, 0.3) is 0 Å². The van der Waals surface area contributed by atoms with Crippen LogP contribution in [0, 0.1) is 13.8 Å². The lowest BCUT2D eigenvalue weighted by Gasteiger charge is -2.42. The molecule has 2 heterocycles. The number of aromatic amines is 1. The van der Waals surface area contributed by atoms with Gasteiger partial charge in [0.05, 0.1) is 30.4 Å². The maximum atomic E-state index is 12.5. The van der Waals surface area contributed by atoms with Gasteiger partial charge in [0.1, 0.15) is 0 Å². The number of ether oxygens (including phenoxy) is 1. The molecule has 20 heavy (non-hydrogen) atoms. The third kappa shape index (κ3) is 3.19. The molecule has 6 heteroatoms. The third-order valence-corrected chi connectivity index (χ3v) is 3.65. The molecule has 6 nitrogen and oxygen atoms in total. The number of rotatable bonds is 3. The van der Waals surface area contributed by atoms with Crippen molar-refractivity contribution in [2.75, 3.05) is 19.7 Å². The Kier molecular flexibility index (Phi) is 4.15. The number of morpholine rings is 1. The summed E-state index contributed by atoms with van der Waals surface area (Å²) in [7, 11) is 0. The Hall–Kier alpha value is -1.40. The normalized spacial score (nSPS) is 22.1. The molecule has 0 bridgehead atoms. The van der Waals surface area contributed by atoms with E-state index in [1.54, 1.807) is 4.90 Å². The lowest BCUT2D eigenvalue weighted by atomic mass is 10.0. The van der Waals surface area contributed by atoms with E-state index in [1.807, 2.05) is 27.7 Å². The van der Waals surface area contributed by atoms with Crippen molar-refractivity contribution in [2.45, 2.75) is 45.8 Å². The molecule has 2 rings (SSSR count). The van der Waals surface area contributed by atoms with Crippen LogP contribution < -0.4 is 0 Å². The summed E-state index contributed by atoms with van der Waals surface area (Å²) >= 11 is 0. The van der Waals surface area contributed by atoms with Gasteiger partial charge in [0, 0.05) is 24.3 Å². The molecule has 0 aliphatic carbocycles. The highest BCUT2D eigenvalue weighted by Crippen LogP contribution is 2.22. The SMILES string of the molecule is Cc1n[nH]c(C)c1CC(=O)N1CC(CO)OC(C)(C)C1. The van der Waals surface area contributed by atoms with E-state index in [0.717, 1.165) is 17.0 Å². The number of hydrogen-bond acceptors (Lipinski definition) is 4. The van der Waals surface area contributed by atoms with Gasteiger partial charge in [-0.3, -0.25) is 9.89 Å². The van der Waals surface area contributed by atoms with Crippen molar-refractivity contribution in [3.05, 3.63) is 17.0 Å². The van der Waals surface area contributed by atoms with E-state index in [4.69, 9.17) is 4.74 Å². The molecule has 1 aromatic heterocycles. The van der Waals surface area contributed by atoms with Crippen molar-refractivity contribution in [1.29, 1.82) is 0 Å². The number of hydrogen-bond donors (Lipinski definition) is 2. The van der Waals surface area contributed by atoms with Crippen LogP contribution in [0.1, 0.15) is 30.8 Å². The molecular formula is C14H23N3O3. The van der Waals surface area contributed by atoms with Gasteiger partial charge in [-0.1, -0.05) is 0 Å². The highest BCUT2D eigenvalue weighted by Gasteiger charge is 2.35. The van der Waals surface area contributed by atoms with Crippen molar-refractivity contribution in [3.8, 4) is 0 Å². The van der Waals surface area contributed by atoms with Gasteiger partial charge in [0.25, 0.3) is 0 Å². The lowest BCUT2D eigenvalue weighted by Crippen LogP contribution is -2.55. The molecule has 112 valence electrons. The molecule has 2 N–H and O–H groups in total. The third-order valence-electron chi connectivity index (χ3n) is 3.65. The van der Waals surface area contributed by atoms with E-state index in [2.05, 4.69) is 10.2 Å². The predicted molar refractivity (Wildman–Crippen MR) is 74.4 cm³/mol. The first-order valence-corrected chi connectivity index (χ1v) is 6.89. The molecule has 0 aromatic carbocycles. The highest BCUT2D eigenvalue weighted by molar-refractivity contribution is 5.79. The van der Waals surface area contributed by atoms with E-state index in [0.29, 0.717) is 19.5 Å². The molecule has 1 aliphatic heterocycles. The minimum atomic E-state index is -0.429. The molecule has 0 spiro atoms. The standard InChI is InChI=1S/C14H23N3O3/c1-9-12(10(2)16-15-9)5-13(19)17-6-11(7-18)20-14(3,4)8-17/h11,18H,5-8H2,1-4H3,(H,15,16). The summed E-state index contributed by atoms with van der Waals surface area (Å²) < 4.78 is 5.72. The van der Waals surface area contributed by atoms with E-state index in [-0.39, 0.29) is 18.6 Å². The molecule has 1 amide bonds. The molecular weight excluding hydrogens is 258 g/mol. The van der Waals surface area contributed by atoms with Crippen LogP contribution in [0.5, 0.6) is 0 Å². The number of H-pyrrole nitrogens is 1. The summed E-state index contributed by atoms with van der Waals surface area (Å²) in [6.45, 7) is 8.59. The summed E-state index contributed by atoms with van der Waals surface area (Å²) in [5, 5.41) is 16.3. The Morgan fingerprint density at radius 2 is 2.25 bits per heavy atom. The van der Waals surface area contributed by atoms with Crippen molar-refractivity contribution < 1.29 is 14.6 Å². The summed E-state index contributed by atoms with van der Waals surface area (Å²) in [5.74, 6) is 0.0485. The zero-order valence-corrected chi connectivity index (χ0v) is 12.6. The number of aryl methyl sites for hydroxylation is 2. The van der Waals surface area contributed by atoms with E-state index in [9.17, 15) is 9.90 Å².